The molecule has 0 atom stereocenters. The quantitative estimate of drug-likeness (QED) is 0.190. The van der Waals surface area contributed by atoms with Gasteiger partial charge in [0.2, 0.25) is 0 Å². The van der Waals surface area contributed by atoms with E-state index in [2.05, 4.69) is 34.0 Å². The Kier molecular flexibility index (Phi) is 16.2. The number of carbonyl (C=O) groups excluding carboxylic acids is 2. The zero-order valence-electron chi connectivity index (χ0n) is 24.7. The third-order valence-electron chi connectivity index (χ3n) is 7.45. The highest BCUT2D eigenvalue weighted by atomic mass is 16.5. The Morgan fingerprint density at radius 3 is 2.34 bits per heavy atom. The van der Waals surface area contributed by atoms with Gasteiger partial charge in [0.25, 0.3) is 5.91 Å². The molecule has 0 saturated heterocycles. The fraction of sp³-hybridized carbons (Fsp3) is 0.581. The third kappa shape index (κ3) is 12.8. The number of aldehydes is 1. The standard InChI is InChI=1S/C17H24N2O2.C7H10N4O.C7H15N/c1-18-10-14-7-8-16-15(9-14)19(17(20)12-21-16)11-13-5-3-2-4-6-13;1-2-6(4-12)11-5-10-3-7(8)9;8-6-7-4-2-1-3-5-7/h7-9,13,18H,2-6,10-12H2,1H3;2,4-5H,1,3H2,(H3,8,9);7H,1-6,8H2. The zero-order valence-corrected chi connectivity index (χ0v) is 24.7. The number of nitrogens with one attached hydrogen (secondary N) is 2. The summed E-state index contributed by atoms with van der Waals surface area (Å²) in [6.07, 6.45) is 16.5. The van der Waals surface area contributed by atoms with Gasteiger partial charge < -0.3 is 26.4 Å². The Hall–Kier alpha value is -3.37. The van der Waals surface area contributed by atoms with Gasteiger partial charge >= 0.3 is 0 Å². The van der Waals surface area contributed by atoms with Gasteiger partial charge in [0.15, 0.2) is 12.9 Å². The Balaban J connectivity index is 0.000000248. The van der Waals surface area contributed by atoms with Crippen molar-refractivity contribution in [3.63, 3.8) is 0 Å². The molecule has 2 fully saturated rings. The largest absolute Gasteiger partial charge is 0.482 e. The van der Waals surface area contributed by atoms with E-state index in [-0.39, 0.29) is 30.6 Å². The molecule has 226 valence electrons. The van der Waals surface area contributed by atoms with E-state index in [1.807, 2.05) is 18.0 Å². The first-order valence-corrected chi connectivity index (χ1v) is 14.8. The van der Waals surface area contributed by atoms with Gasteiger partial charge in [-0.2, -0.15) is 0 Å². The van der Waals surface area contributed by atoms with Crippen LogP contribution in [0.15, 0.2) is 40.8 Å². The van der Waals surface area contributed by atoms with E-state index in [1.54, 1.807) is 0 Å². The number of benzene rings is 1. The minimum atomic E-state index is -0.0484. The first kappa shape index (κ1) is 33.8. The van der Waals surface area contributed by atoms with Crippen LogP contribution in [-0.2, 0) is 16.1 Å². The second-order valence-corrected chi connectivity index (χ2v) is 10.7. The van der Waals surface area contributed by atoms with Crippen LogP contribution in [-0.4, -0.2) is 63.4 Å². The number of rotatable bonds is 10. The minimum Gasteiger partial charge on any atom is -0.482 e. The molecule has 4 rings (SSSR count). The molecule has 10 heteroatoms. The van der Waals surface area contributed by atoms with E-state index >= 15 is 0 Å². The number of hydrogen-bond acceptors (Lipinski definition) is 7. The number of allylic oxidation sites excluding steroid dienone is 1. The highest BCUT2D eigenvalue weighted by molar-refractivity contribution is 6.34. The fourth-order valence-electron chi connectivity index (χ4n) is 5.19. The van der Waals surface area contributed by atoms with Crippen molar-refractivity contribution in [2.45, 2.75) is 70.8 Å². The highest BCUT2D eigenvalue weighted by Crippen LogP contribution is 2.35. The molecule has 2 aliphatic carbocycles. The van der Waals surface area contributed by atoms with Crippen molar-refractivity contribution in [1.82, 2.24) is 5.32 Å². The van der Waals surface area contributed by atoms with E-state index in [1.165, 1.54) is 82.2 Å². The molecule has 1 aliphatic heterocycles. The highest BCUT2D eigenvalue weighted by Gasteiger charge is 2.28. The van der Waals surface area contributed by atoms with E-state index in [0.717, 1.165) is 37.0 Å². The summed E-state index contributed by atoms with van der Waals surface area (Å²) >= 11 is 0. The summed E-state index contributed by atoms with van der Waals surface area (Å²) < 4.78 is 5.58. The SMILES string of the molecule is C=CC(C=O)=NC=NCC(=N)N.CNCc1ccc2c(c1)N(CC1CCCCC1)C(=O)CO2.NCC1CCCCC1. The summed E-state index contributed by atoms with van der Waals surface area (Å²) in [5.74, 6) is 2.39. The van der Waals surface area contributed by atoms with E-state index in [9.17, 15) is 9.59 Å². The summed E-state index contributed by atoms with van der Waals surface area (Å²) in [6, 6.07) is 6.14. The Bertz CT molecular complexity index is 1020. The lowest BCUT2D eigenvalue weighted by molar-refractivity contribution is -0.121. The van der Waals surface area contributed by atoms with Gasteiger partial charge in [-0.15, -0.1) is 0 Å². The molecule has 3 aliphatic rings. The number of carbonyl (C=O) groups is 2. The molecule has 1 aromatic rings. The van der Waals surface area contributed by atoms with Gasteiger partial charge in [-0.3, -0.25) is 20.0 Å². The number of anilines is 1. The second kappa shape index (κ2) is 19.7. The van der Waals surface area contributed by atoms with Crippen molar-refractivity contribution in [3.05, 3.63) is 36.4 Å². The van der Waals surface area contributed by atoms with Crippen LogP contribution in [0.4, 0.5) is 5.69 Å². The fourth-order valence-corrected chi connectivity index (χ4v) is 5.19. The van der Waals surface area contributed by atoms with Crippen molar-refractivity contribution in [2.24, 2.45) is 33.3 Å². The van der Waals surface area contributed by atoms with Gasteiger partial charge in [0, 0.05) is 13.1 Å². The van der Waals surface area contributed by atoms with Crippen molar-refractivity contribution in [2.75, 3.05) is 38.2 Å². The Morgan fingerprint density at radius 2 is 1.80 bits per heavy atom. The van der Waals surface area contributed by atoms with E-state index < -0.39 is 0 Å². The molecule has 0 bridgehead atoms. The number of ether oxygens (including phenoxy) is 1. The minimum absolute atomic E-state index is 0.0484. The van der Waals surface area contributed by atoms with Crippen LogP contribution in [0.1, 0.15) is 69.8 Å². The maximum atomic E-state index is 12.3. The number of nitrogens with zero attached hydrogens (tertiary/aromatic N) is 3. The van der Waals surface area contributed by atoms with Crippen LogP contribution in [0, 0.1) is 17.2 Å². The van der Waals surface area contributed by atoms with Crippen LogP contribution < -0.4 is 26.4 Å². The van der Waals surface area contributed by atoms with Crippen molar-refractivity contribution < 1.29 is 14.3 Å². The molecular weight excluding hydrogens is 518 g/mol. The summed E-state index contributed by atoms with van der Waals surface area (Å²) in [5, 5.41) is 9.95. The predicted octanol–water partition coefficient (Wildman–Crippen LogP) is 4.01. The number of aliphatic imine (C=N–C) groups is 2. The first-order valence-electron chi connectivity index (χ1n) is 14.8. The maximum Gasteiger partial charge on any atom is 0.265 e. The summed E-state index contributed by atoms with van der Waals surface area (Å²) in [6.45, 7) is 6.18. The molecule has 1 aromatic carbocycles. The van der Waals surface area contributed by atoms with Crippen LogP contribution in [0.2, 0.25) is 0 Å². The molecule has 1 heterocycles. The molecular formula is C31H49N7O3. The molecule has 1 amide bonds. The maximum absolute atomic E-state index is 12.3. The number of amides is 1. The van der Waals surface area contributed by atoms with Crippen molar-refractivity contribution >= 4 is 35.8 Å². The van der Waals surface area contributed by atoms with Gasteiger partial charge in [0.05, 0.1) is 12.2 Å². The lowest BCUT2D eigenvalue weighted by atomic mass is 9.88. The normalized spacial score (nSPS) is 17.9. The Labute approximate surface area is 245 Å². The second-order valence-electron chi connectivity index (χ2n) is 10.7. The molecule has 0 radical (unpaired) electrons. The van der Waals surface area contributed by atoms with Gasteiger partial charge in [-0.1, -0.05) is 51.2 Å². The predicted molar refractivity (Wildman–Crippen MR) is 168 cm³/mol. The molecule has 0 aromatic heterocycles. The summed E-state index contributed by atoms with van der Waals surface area (Å²) in [5.41, 5.74) is 12.8. The van der Waals surface area contributed by atoms with Crippen LogP contribution in [0.25, 0.3) is 0 Å². The van der Waals surface area contributed by atoms with E-state index in [4.69, 9.17) is 21.6 Å². The van der Waals surface area contributed by atoms with Crippen molar-refractivity contribution in [3.8, 4) is 5.75 Å². The molecule has 0 spiro atoms. The number of fused-ring (bicyclic) bond motifs is 1. The topological polar surface area (TPSA) is 159 Å². The average Bonchev–Trinajstić information content (AvgIpc) is 3.00. The number of amidine groups is 1. The summed E-state index contributed by atoms with van der Waals surface area (Å²) in [7, 11) is 1.93. The first-order chi connectivity index (χ1) is 19.9. The molecule has 6 N–H and O–H groups in total. The monoisotopic (exact) mass is 567 g/mol. The van der Waals surface area contributed by atoms with Gasteiger partial charge in [-0.25, -0.2) is 4.99 Å². The molecule has 0 unspecified atom stereocenters. The van der Waals surface area contributed by atoms with Gasteiger partial charge in [-0.05, 0) is 74.9 Å². The van der Waals surface area contributed by atoms with Crippen LogP contribution >= 0.6 is 0 Å². The van der Waals surface area contributed by atoms with E-state index in [0.29, 0.717) is 12.2 Å². The Morgan fingerprint density at radius 1 is 1.15 bits per heavy atom. The lowest BCUT2D eigenvalue weighted by Crippen LogP contribution is -2.42. The van der Waals surface area contributed by atoms with Crippen molar-refractivity contribution in [1.29, 1.82) is 5.41 Å². The average molecular weight is 568 g/mol. The molecule has 41 heavy (non-hydrogen) atoms. The summed E-state index contributed by atoms with van der Waals surface area (Å²) in [4.78, 5) is 31.6. The molecule has 10 nitrogen and oxygen atoms in total. The van der Waals surface area contributed by atoms with Crippen LogP contribution in [0.3, 0.4) is 0 Å². The molecule has 2 saturated carbocycles. The number of hydrogen-bond donors (Lipinski definition) is 4. The smallest absolute Gasteiger partial charge is 0.265 e. The zero-order chi connectivity index (χ0) is 29.9. The number of nitrogens with two attached hydrogens (primary N) is 2. The van der Waals surface area contributed by atoms with Crippen LogP contribution in [0.5, 0.6) is 5.75 Å². The lowest BCUT2D eigenvalue weighted by Gasteiger charge is -2.34. The third-order valence-corrected chi connectivity index (χ3v) is 7.45. The van der Waals surface area contributed by atoms with Gasteiger partial charge in [0.1, 0.15) is 23.6 Å².